The Hall–Kier alpha value is -2.04. The molecule has 0 atom stereocenters. The maximum atomic E-state index is 10.4. The van der Waals surface area contributed by atoms with E-state index < -0.39 is 5.97 Å². The fourth-order valence-electron chi connectivity index (χ4n) is 1.67. The van der Waals surface area contributed by atoms with Gasteiger partial charge in [0, 0.05) is 7.05 Å². The third-order valence-electron chi connectivity index (χ3n) is 2.39. The van der Waals surface area contributed by atoms with E-state index in [-0.39, 0.29) is 6.61 Å². The van der Waals surface area contributed by atoms with E-state index in [9.17, 15) is 4.79 Å². The average Bonchev–Trinajstić information content (AvgIpc) is 2.55. The van der Waals surface area contributed by atoms with Crippen LogP contribution in [0.4, 0.5) is 0 Å². The minimum absolute atomic E-state index is 0.373. The molecule has 0 bridgehead atoms. The first-order chi connectivity index (χ1) is 7.59. The monoisotopic (exact) mass is 220 g/mol. The van der Waals surface area contributed by atoms with E-state index in [2.05, 4.69) is 5.10 Å². The number of benzene rings is 1. The summed E-state index contributed by atoms with van der Waals surface area (Å²) in [7, 11) is 1.80. The molecule has 0 aliphatic rings. The van der Waals surface area contributed by atoms with Gasteiger partial charge in [-0.2, -0.15) is 0 Å². The summed E-state index contributed by atoms with van der Waals surface area (Å²) < 4.78 is 6.83. The van der Waals surface area contributed by atoms with Crippen LogP contribution in [0.15, 0.2) is 18.2 Å². The van der Waals surface area contributed by atoms with Gasteiger partial charge in [-0.15, -0.1) is 5.10 Å². The topological polar surface area (TPSA) is 64.3 Å². The van der Waals surface area contributed by atoms with Crippen molar-refractivity contribution in [1.82, 2.24) is 9.78 Å². The fraction of sp³-hybridized carbons (Fsp3) is 0.273. The summed E-state index contributed by atoms with van der Waals surface area (Å²) in [6.45, 7) is 1.57. The highest BCUT2D eigenvalue weighted by Crippen LogP contribution is 2.27. The number of aromatic nitrogens is 2. The molecule has 0 radical (unpaired) electrons. The summed E-state index contributed by atoms with van der Waals surface area (Å²) >= 11 is 0. The SMILES string of the molecule is Cc1cccc2c1c(OCC(=O)O)nn2C. The second kappa shape index (κ2) is 3.84. The van der Waals surface area contributed by atoms with Gasteiger partial charge in [0.05, 0.1) is 10.9 Å². The van der Waals surface area contributed by atoms with Gasteiger partial charge in [0.25, 0.3) is 0 Å². The van der Waals surface area contributed by atoms with Crippen LogP contribution in [-0.2, 0) is 11.8 Å². The van der Waals surface area contributed by atoms with E-state index in [0.29, 0.717) is 5.88 Å². The zero-order valence-electron chi connectivity index (χ0n) is 9.10. The average molecular weight is 220 g/mol. The van der Waals surface area contributed by atoms with Crippen LogP contribution in [0, 0.1) is 6.92 Å². The predicted molar refractivity (Wildman–Crippen MR) is 58.6 cm³/mol. The zero-order chi connectivity index (χ0) is 11.7. The zero-order valence-corrected chi connectivity index (χ0v) is 9.10. The Morgan fingerprint density at radius 1 is 1.56 bits per heavy atom. The number of hydrogen-bond donors (Lipinski definition) is 1. The molecule has 1 aromatic carbocycles. The Morgan fingerprint density at radius 3 is 3.00 bits per heavy atom. The number of carboxylic acids is 1. The number of carboxylic acid groups (broad SMARTS) is 1. The van der Waals surface area contributed by atoms with Crippen molar-refractivity contribution in [3.8, 4) is 5.88 Å². The summed E-state index contributed by atoms with van der Waals surface area (Å²) in [5.41, 5.74) is 1.95. The lowest BCUT2D eigenvalue weighted by Crippen LogP contribution is -2.10. The van der Waals surface area contributed by atoms with Crippen LogP contribution in [0.1, 0.15) is 5.56 Å². The molecule has 1 heterocycles. The molecule has 0 saturated carbocycles. The summed E-state index contributed by atoms with van der Waals surface area (Å²) in [4.78, 5) is 10.4. The lowest BCUT2D eigenvalue weighted by molar-refractivity contribution is -0.139. The largest absolute Gasteiger partial charge is 0.479 e. The van der Waals surface area contributed by atoms with E-state index in [4.69, 9.17) is 9.84 Å². The first-order valence-electron chi connectivity index (χ1n) is 4.86. The molecule has 0 aliphatic carbocycles. The second-order valence-corrected chi connectivity index (χ2v) is 3.58. The minimum Gasteiger partial charge on any atom is -0.479 e. The molecule has 0 unspecified atom stereocenters. The molecule has 2 rings (SSSR count). The second-order valence-electron chi connectivity index (χ2n) is 3.58. The van der Waals surface area contributed by atoms with Crippen molar-refractivity contribution in [2.24, 2.45) is 7.05 Å². The molecule has 1 N–H and O–H groups in total. The summed E-state index contributed by atoms with van der Waals surface area (Å²) in [6, 6.07) is 5.79. The Bertz CT molecular complexity index is 545. The quantitative estimate of drug-likeness (QED) is 0.847. The van der Waals surface area contributed by atoms with Crippen molar-refractivity contribution in [3.63, 3.8) is 0 Å². The van der Waals surface area contributed by atoms with Crippen LogP contribution in [0.5, 0.6) is 5.88 Å². The highest BCUT2D eigenvalue weighted by Gasteiger charge is 2.12. The molecule has 2 aromatic rings. The van der Waals surface area contributed by atoms with Gasteiger partial charge in [0.15, 0.2) is 6.61 Å². The molecule has 16 heavy (non-hydrogen) atoms. The molecule has 0 saturated heterocycles. The minimum atomic E-state index is -1.01. The van der Waals surface area contributed by atoms with Crippen LogP contribution >= 0.6 is 0 Å². The maximum absolute atomic E-state index is 10.4. The third-order valence-corrected chi connectivity index (χ3v) is 2.39. The molecule has 0 amide bonds. The van der Waals surface area contributed by atoms with Gasteiger partial charge in [-0.25, -0.2) is 4.79 Å². The van der Waals surface area contributed by atoms with E-state index >= 15 is 0 Å². The number of carbonyl (C=O) groups is 1. The first kappa shape index (κ1) is 10.5. The van der Waals surface area contributed by atoms with Gasteiger partial charge in [-0.1, -0.05) is 12.1 Å². The normalized spacial score (nSPS) is 10.6. The van der Waals surface area contributed by atoms with E-state index in [1.807, 2.05) is 25.1 Å². The van der Waals surface area contributed by atoms with Crippen molar-refractivity contribution in [3.05, 3.63) is 23.8 Å². The molecule has 0 spiro atoms. The van der Waals surface area contributed by atoms with Gasteiger partial charge >= 0.3 is 5.97 Å². The Balaban J connectivity index is 2.49. The van der Waals surface area contributed by atoms with Crippen molar-refractivity contribution in [2.75, 3.05) is 6.61 Å². The number of hydrogen-bond acceptors (Lipinski definition) is 3. The Morgan fingerprint density at radius 2 is 2.31 bits per heavy atom. The molecule has 84 valence electrons. The predicted octanol–water partition coefficient (Wildman–Crippen LogP) is 1.35. The lowest BCUT2D eigenvalue weighted by Gasteiger charge is -2.00. The van der Waals surface area contributed by atoms with Crippen LogP contribution < -0.4 is 4.74 Å². The number of fused-ring (bicyclic) bond motifs is 1. The van der Waals surface area contributed by atoms with E-state index in [1.165, 1.54) is 0 Å². The maximum Gasteiger partial charge on any atom is 0.341 e. The number of aryl methyl sites for hydroxylation is 2. The third kappa shape index (κ3) is 1.71. The first-order valence-corrected chi connectivity index (χ1v) is 4.86. The Labute approximate surface area is 92.2 Å². The molecule has 5 nitrogen and oxygen atoms in total. The van der Waals surface area contributed by atoms with Gasteiger partial charge < -0.3 is 9.84 Å². The van der Waals surface area contributed by atoms with Crippen LogP contribution in [0.2, 0.25) is 0 Å². The van der Waals surface area contributed by atoms with Gasteiger partial charge in [-0.3, -0.25) is 4.68 Å². The van der Waals surface area contributed by atoms with Crippen molar-refractivity contribution in [1.29, 1.82) is 0 Å². The highest BCUT2D eigenvalue weighted by molar-refractivity contribution is 5.88. The van der Waals surface area contributed by atoms with Crippen molar-refractivity contribution < 1.29 is 14.6 Å². The summed E-state index contributed by atoms with van der Waals surface area (Å²) in [6.07, 6.45) is 0. The number of ether oxygens (including phenoxy) is 1. The standard InChI is InChI=1S/C11H12N2O3/c1-7-4-3-5-8-10(7)11(12-13(8)2)16-6-9(14)15/h3-5H,6H2,1-2H3,(H,14,15). The smallest absolute Gasteiger partial charge is 0.341 e. The molecule has 0 aliphatic heterocycles. The molecular weight excluding hydrogens is 208 g/mol. The van der Waals surface area contributed by atoms with Crippen LogP contribution in [-0.4, -0.2) is 27.5 Å². The molecule has 0 fully saturated rings. The number of aliphatic carboxylic acids is 1. The van der Waals surface area contributed by atoms with Crippen LogP contribution in [0.3, 0.4) is 0 Å². The lowest BCUT2D eigenvalue weighted by atomic mass is 10.1. The molecule has 5 heteroatoms. The summed E-state index contributed by atoms with van der Waals surface area (Å²) in [5, 5.41) is 13.6. The summed E-state index contributed by atoms with van der Waals surface area (Å²) in [5.74, 6) is -0.634. The Kier molecular flexibility index (Phi) is 2.52. The molecule has 1 aromatic heterocycles. The highest BCUT2D eigenvalue weighted by atomic mass is 16.5. The van der Waals surface area contributed by atoms with Gasteiger partial charge in [0.2, 0.25) is 5.88 Å². The molecular formula is C11H12N2O3. The van der Waals surface area contributed by atoms with E-state index in [1.54, 1.807) is 11.7 Å². The van der Waals surface area contributed by atoms with Gasteiger partial charge in [-0.05, 0) is 18.6 Å². The van der Waals surface area contributed by atoms with Crippen LogP contribution in [0.25, 0.3) is 10.9 Å². The number of nitrogens with zero attached hydrogens (tertiary/aromatic N) is 2. The van der Waals surface area contributed by atoms with Crippen molar-refractivity contribution >= 4 is 16.9 Å². The van der Waals surface area contributed by atoms with Gasteiger partial charge in [0.1, 0.15) is 0 Å². The van der Waals surface area contributed by atoms with Crippen molar-refractivity contribution in [2.45, 2.75) is 6.92 Å². The number of rotatable bonds is 3. The fourth-order valence-corrected chi connectivity index (χ4v) is 1.67. The van der Waals surface area contributed by atoms with E-state index in [0.717, 1.165) is 16.5 Å².